The van der Waals surface area contributed by atoms with E-state index in [4.69, 9.17) is 5.73 Å². The summed E-state index contributed by atoms with van der Waals surface area (Å²) in [4.78, 5) is 0. The van der Waals surface area contributed by atoms with Gasteiger partial charge in [0.1, 0.15) is 0 Å². The first-order valence-corrected chi connectivity index (χ1v) is 13.9. The van der Waals surface area contributed by atoms with Crippen molar-refractivity contribution >= 4 is 22.7 Å². The van der Waals surface area contributed by atoms with E-state index in [2.05, 4.69) is 60.1 Å². The molecule has 6 rings (SSSR count). The van der Waals surface area contributed by atoms with Gasteiger partial charge in [0.15, 0.2) is 0 Å². The first-order chi connectivity index (χ1) is 16.7. The third kappa shape index (κ3) is 3.66. The van der Waals surface area contributed by atoms with Crippen LogP contribution in [0, 0.1) is 0 Å². The van der Waals surface area contributed by atoms with E-state index in [1.165, 1.54) is 86.5 Å². The Labute approximate surface area is 205 Å². The molecule has 34 heavy (non-hydrogen) atoms. The molecule has 2 unspecified atom stereocenters. The molecule has 1 heterocycles. The number of rotatable bonds is 3. The Morgan fingerprint density at radius 1 is 1.06 bits per heavy atom. The van der Waals surface area contributed by atoms with Gasteiger partial charge in [-0.25, -0.2) is 0 Å². The summed E-state index contributed by atoms with van der Waals surface area (Å²) in [6.45, 7) is 2.26. The minimum Gasteiger partial charge on any atom is -0.320 e. The van der Waals surface area contributed by atoms with Gasteiger partial charge in [-0.15, -0.1) is 0 Å². The molecule has 0 spiro atoms. The third-order valence-electron chi connectivity index (χ3n) is 8.91. The van der Waals surface area contributed by atoms with Gasteiger partial charge in [0.05, 0.1) is 16.7 Å². The van der Waals surface area contributed by atoms with Crippen molar-refractivity contribution in [3.8, 4) is 0 Å². The van der Waals surface area contributed by atoms with Crippen LogP contribution >= 0.6 is 0 Å². The Hall–Kier alpha value is -2.32. The van der Waals surface area contributed by atoms with Crippen LogP contribution in [0.4, 0.5) is 0 Å². The summed E-state index contributed by atoms with van der Waals surface area (Å²) in [5.74, 6) is 0.560. The van der Waals surface area contributed by atoms with E-state index < -0.39 is 0 Å². The van der Waals surface area contributed by atoms with Gasteiger partial charge in [0.25, 0.3) is 0 Å². The number of hydrogen-bond donors (Lipinski definition) is 1. The molecule has 3 fully saturated rings. The highest BCUT2D eigenvalue weighted by Crippen LogP contribution is 2.50. The molecule has 2 aromatic rings. The van der Waals surface area contributed by atoms with Crippen LogP contribution in [0.2, 0.25) is 0 Å². The maximum absolute atomic E-state index is 7.56. The Kier molecular flexibility index (Phi) is 5.89. The van der Waals surface area contributed by atoms with Crippen molar-refractivity contribution in [2.45, 2.75) is 102 Å². The van der Waals surface area contributed by atoms with Gasteiger partial charge in [0.2, 0.25) is 0 Å². The van der Waals surface area contributed by atoms with Gasteiger partial charge in [-0.3, -0.25) is 0 Å². The van der Waals surface area contributed by atoms with Crippen LogP contribution in [-0.2, 0) is 0 Å². The van der Waals surface area contributed by atoms with Gasteiger partial charge < -0.3 is 10.3 Å². The van der Waals surface area contributed by atoms with Crippen LogP contribution in [0.5, 0.6) is 0 Å². The normalized spacial score (nSPS) is 28.1. The first-order valence-electron chi connectivity index (χ1n) is 13.9. The molecule has 2 N–H and O–H groups in total. The second-order valence-electron chi connectivity index (χ2n) is 11.2. The molecule has 4 aliphatic rings. The van der Waals surface area contributed by atoms with Crippen molar-refractivity contribution in [3.63, 3.8) is 0 Å². The summed E-state index contributed by atoms with van der Waals surface area (Å²) in [5.41, 5.74) is 17.9. The zero-order valence-corrected chi connectivity index (χ0v) is 20.9. The lowest BCUT2D eigenvalue weighted by Crippen LogP contribution is -2.46. The van der Waals surface area contributed by atoms with Crippen molar-refractivity contribution in [1.82, 2.24) is 4.57 Å². The standard InChI is InChI=1S/C32H40N2/c1-2-11-23-12-10-21-32(33,22-23)31(25-13-4-3-5-14-25)34-28-19-7-6-17-27(28)30-26-18-8-15-24(26)16-9-20-29(30)34/h6-7,9,11,16-17,19-20,26H,2-5,8,10,12-15,18,21-22,33H2,1H3/b23-11-. The maximum Gasteiger partial charge on any atom is 0.0604 e. The zero-order valence-electron chi connectivity index (χ0n) is 20.9. The average molecular weight is 453 g/mol. The Morgan fingerprint density at radius 2 is 1.91 bits per heavy atom. The average Bonchev–Trinajstić information content (AvgIpc) is 3.38. The highest BCUT2D eigenvalue weighted by atomic mass is 15.1. The fraction of sp³-hybridized carbons (Fsp3) is 0.500. The lowest BCUT2D eigenvalue weighted by molar-refractivity contribution is 0.413. The van der Waals surface area contributed by atoms with Gasteiger partial charge >= 0.3 is 0 Å². The van der Waals surface area contributed by atoms with E-state index in [0.29, 0.717) is 5.92 Å². The van der Waals surface area contributed by atoms with Crippen LogP contribution in [0.15, 0.2) is 59.2 Å². The Balaban J connectivity index is 1.62. The van der Waals surface area contributed by atoms with Crippen molar-refractivity contribution in [3.05, 3.63) is 70.5 Å². The fourth-order valence-electron chi connectivity index (χ4n) is 7.54. The zero-order chi connectivity index (χ0) is 23.1. The molecular weight excluding hydrogens is 412 g/mol. The minimum atomic E-state index is -0.284. The smallest absolute Gasteiger partial charge is 0.0604 e. The first kappa shape index (κ1) is 22.2. The number of nitrogens with two attached hydrogens (primary N) is 1. The summed E-state index contributed by atoms with van der Waals surface area (Å²) in [6.07, 6.45) is 25.4. The van der Waals surface area contributed by atoms with Crippen LogP contribution in [0.3, 0.4) is 0 Å². The minimum absolute atomic E-state index is 0.284. The van der Waals surface area contributed by atoms with Gasteiger partial charge in [0, 0.05) is 17.0 Å². The quantitative estimate of drug-likeness (QED) is 0.464. The van der Waals surface area contributed by atoms with Crippen LogP contribution < -0.4 is 5.73 Å². The summed E-state index contributed by atoms with van der Waals surface area (Å²) < 4.78 is 2.66. The SMILES string of the molecule is CC/C=C1/CCCC(N)(C(=C2CCCCC2)n2c3c(c4ccccc42)C2CCCC2=CC=C3)C1. The molecule has 4 aliphatic carbocycles. The second-order valence-corrected chi connectivity index (χ2v) is 11.2. The summed E-state index contributed by atoms with van der Waals surface area (Å²) in [7, 11) is 0. The number of para-hydroxylation sites is 1. The number of fused-ring (bicyclic) bond motifs is 5. The van der Waals surface area contributed by atoms with Crippen molar-refractivity contribution in [2.24, 2.45) is 5.73 Å². The van der Waals surface area contributed by atoms with E-state index in [0.717, 1.165) is 19.3 Å². The molecule has 1 aromatic carbocycles. The van der Waals surface area contributed by atoms with Crippen molar-refractivity contribution in [1.29, 1.82) is 0 Å². The number of hydrogen-bond acceptors (Lipinski definition) is 1. The number of benzene rings is 1. The van der Waals surface area contributed by atoms with E-state index in [9.17, 15) is 0 Å². The number of allylic oxidation sites excluding steroid dienone is 5. The van der Waals surface area contributed by atoms with Gasteiger partial charge in [-0.2, -0.15) is 0 Å². The van der Waals surface area contributed by atoms with Crippen molar-refractivity contribution < 1.29 is 0 Å². The van der Waals surface area contributed by atoms with E-state index >= 15 is 0 Å². The molecule has 0 radical (unpaired) electrons. The molecule has 178 valence electrons. The van der Waals surface area contributed by atoms with Crippen LogP contribution in [0.1, 0.15) is 108 Å². The molecule has 2 atom stereocenters. The van der Waals surface area contributed by atoms with E-state index in [1.807, 2.05) is 0 Å². The summed E-state index contributed by atoms with van der Waals surface area (Å²) in [5, 5.41) is 1.44. The summed E-state index contributed by atoms with van der Waals surface area (Å²) in [6, 6.07) is 9.18. The molecule has 2 heteroatoms. The largest absolute Gasteiger partial charge is 0.320 e. The lowest BCUT2D eigenvalue weighted by atomic mass is 9.74. The monoisotopic (exact) mass is 452 g/mol. The lowest BCUT2D eigenvalue weighted by Gasteiger charge is -2.40. The molecular formula is C32H40N2. The van der Waals surface area contributed by atoms with E-state index in [1.54, 1.807) is 22.3 Å². The molecule has 0 amide bonds. The number of nitrogens with zero attached hydrogens (tertiary/aromatic N) is 1. The third-order valence-corrected chi connectivity index (χ3v) is 8.91. The molecule has 3 saturated carbocycles. The van der Waals surface area contributed by atoms with Gasteiger partial charge in [-0.1, -0.05) is 60.9 Å². The molecule has 0 bridgehead atoms. The Bertz CT molecular complexity index is 1210. The number of aromatic nitrogens is 1. The molecule has 0 saturated heterocycles. The topological polar surface area (TPSA) is 30.9 Å². The highest BCUT2D eigenvalue weighted by Gasteiger charge is 2.39. The molecule has 0 aliphatic heterocycles. The molecule has 2 nitrogen and oxygen atoms in total. The second kappa shape index (κ2) is 9.04. The van der Waals surface area contributed by atoms with Crippen LogP contribution in [-0.4, -0.2) is 10.1 Å². The fourth-order valence-corrected chi connectivity index (χ4v) is 7.54. The predicted octanol–water partition coefficient (Wildman–Crippen LogP) is 8.65. The predicted molar refractivity (Wildman–Crippen MR) is 146 cm³/mol. The maximum atomic E-state index is 7.56. The Morgan fingerprint density at radius 3 is 2.76 bits per heavy atom. The highest BCUT2D eigenvalue weighted by molar-refractivity contribution is 5.94. The van der Waals surface area contributed by atoms with Crippen LogP contribution in [0.25, 0.3) is 22.7 Å². The van der Waals surface area contributed by atoms with Crippen molar-refractivity contribution in [2.75, 3.05) is 0 Å². The summed E-state index contributed by atoms with van der Waals surface area (Å²) >= 11 is 0. The van der Waals surface area contributed by atoms with Gasteiger partial charge in [-0.05, 0) is 100 Å². The van der Waals surface area contributed by atoms with E-state index in [-0.39, 0.29) is 5.54 Å². The molecule has 1 aromatic heterocycles.